The van der Waals surface area contributed by atoms with Gasteiger partial charge in [-0.1, -0.05) is 0 Å². The second kappa shape index (κ2) is 5.14. The Morgan fingerprint density at radius 3 is 2.47 bits per heavy atom. The highest BCUT2D eigenvalue weighted by molar-refractivity contribution is 5.90. The molecule has 0 radical (unpaired) electrons. The number of hydrogen-bond acceptors (Lipinski definition) is 3. The quantitative estimate of drug-likeness (QED) is 0.466. The first-order chi connectivity index (χ1) is 7.13. The van der Waals surface area contributed by atoms with E-state index < -0.39 is 0 Å². The van der Waals surface area contributed by atoms with E-state index in [1.165, 1.54) is 0 Å². The Hall–Kier alpha value is -1.84. The minimum Gasteiger partial charge on any atom is -0.462 e. The highest BCUT2D eigenvalue weighted by atomic mass is 16.5. The summed E-state index contributed by atoms with van der Waals surface area (Å²) in [5.41, 5.74) is 6.67. The first kappa shape index (κ1) is 11.2. The average Bonchev–Trinajstić information content (AvgIpc) is 2.18. The molecule has 0 bridgehead atoms. The molecule has 2 N–H and O–H groups in total. The van der Waals surface area contributed by atoms with Crippen LogP contribution in [0.3, 0.4) is 0 Å². The third-order valence-corrected chi connectivity index (χ3v) is 1.68. The van der Waals surface area contributed by atoms with Crippen molar-refractivity contribution in [3.05, 3.63) is 29.8 Å². The van der Waals surface area contributed by atoms with Gasteiger partial charge in [0.1, 0.15) is 0 Å². The Morgan fingerprint density at radius 1 is 1.40 bits per heavy atom. The number of aliphatic imine (C=N–C) groups is 1. The number of carbonyl (C=O) groups excluding carboxylic acids is 1. The van der Waals surface area contributed by atoms with Crippen LogP contribution < -0.4 is 5.73 Å². The molecule has 4 heteroatoms. The van der Waals surface area contributed by atoms with Crippen molar-refractivity contribution in [2.75, 3.05) is 6.61 Å². The molecule has 4 nitrogen and oxygen atoms in total. The monoisotopic (exact) mass is 206 g/mol. The maximum atomic E-state index is 11.3. The minimum atomic E-state index is -0.322. The summed E-state index contributed by atoms with van der Waals surface area (Å²) >= 11 is 0. The van der Waals surface area contributed by atoms with Crippen molar-refractivity contribution in [2.24, 2.45) is 10.7 Å². The largest absolute Gasteiger partial charge is 0.462 e. The van der Waals surface area contributed by atoms with Crippen LogP contribution in [-0.2, 0) is 4.74 Å². The van der Waals surface area contributed by atoms with Gasteiger partial charge in [-0.3, -0.25) is 0 Å². The molecule has 0 aliphatic rings. The molecule has 15 heavy (non-hydrogen) atoms. The van der Waals surface area contributed by atoms with Crippen LogP contribution in [0.1, 0.15) is 24.2 Å². The maximum Gasteiger partial charge on any atom is 0.338 e. The van der Waals surface area contributed by atoms with E-state index in [0.29, 0.717) is 18.0 Å². The van der Waals surface area contributed by atoms with E-state index in [4.69, 9.17) is 10.5 Å². The summed E-state index contributed by atoms with van der Waals surface area (Å²) in [6, 6.07) is 6.78. The summed E-state index contributed by atoms with van der Waals surface area (Å²) in [5.74, 6) is 0.163. The molecular weight excluding hydrogens is 192 g/mol. The van der Waals surface area contributed by atoms with E-state index >= 15 is 0 Å². The van der Waals surface area contributed by atoms with Gasteiger partial charge in [0.15, 0.2) is 0 Å². The van der Waals surface area contributed by atoms with Gasteiger partial charge in [-0.15, -0.1) is 0 Å². The third kappa shape index (κ3) is 3.42. The van der Waals surface area contributed by atoms with Crippen LogP contribution in [-0.4, -0.2) is 18.4 Å². The first-order valence-corrected chi connectivity index (χ1v) is 4.71. The lowest BCUT2D eigenvalue weighted by Crippen LogP contribution is -2.05. The SMILES string of the molecule is CCOC(=O)c1ccc(N=C(C)N)cc1. The number of esters is 1. The number of hydrogen-bond donors (Lipinski definition) is 1. The molecule has 0 spiro atoms. The molecule has 0 aliphatic heterocycles. The number of nitrogens with two attached hydrogens (primary N) is 1. The Balaban J connectivity index is 2.81. The number of ether oxygens (including phenoxy) is 1. The molecule has 1 aromatic carbocycles. The number of benzene rings is 1. The van der Waals surface area contributed by atoms with Gasteiger partial charge in [0.2, 0.25) is 0 Å². The van der Waals surface area contributed by atoms with Gasteiger partial charge in [-0.05, 0) is 38.1 Å². The number of amidine groups is 1. The highest BCUT2D eigenvalue weighted by Gasteiger charge is 2.04. The number of nitrogens with zero attached hydrogens (tertiary/aromatic N) is 1. The second-order valence-electron chi connectivity index (χ2n) is 3.02. The smallest absolute Gasteiger partial charge is 0.338 e. The lowest BCUT2D eigenvalue weighted by molar-refractivity contribution is 0.0526. The van der Waals surface area contributed by atoms with Crippen molar-refractivity contribution in [2.45, 2.75) is 13.8 Å². The molecule has 0 unspecified atom stereocenters. The molecule has 1 aromatic rings. The van der Waals surface area contributed by atoms with Gasteiger partial charge >= 0.3 is 5.97 Å². The van der Waals surface area contributed by atoms with Crippen molar-refractivity contribution in [1.82, 2.24) is 0 Å². The molecule has 0 saturated heterocycles. The fraction of sp³-hybridized carbons (Fsp3) is 0.273. The van der Waals surface area contributed by atoms with Crippen LogP contribution in [0.15, 0.2) is 29.3 Å². The Kier molecular flexibility index (Phi) is 3.85. The van der Waals surface area contributed by atoms with Crippen molar-refractivity contribution in [1.29, 1.82) is 0 Å². The topological polar surface area (TPSA) is 64.7 Å². The van der Waals surface area contributed by atoms with Gasteiger partial charge in [-0.2, -0.15) is 0 Å². The van der Waals surface area contributed by atoms with Crippen LogP contribution in [0.5, 0.6) is 0 Å². The van der Waals surface area contributed by atoms with E-state index in [-0.39, 0.29) is 5.97 Å². The standard InChI is InChI=1S/C11H14N2O2/c1-3-15-11(14)9-4-6-10(7-5-9)13-8(2)12/h4-7H,3H2,1-2H3,(H2,12,13). The van der Waals surface area contributed by atoms with E-state index in [0.717, 1.165) is 5.69 Å². The first-order valence-electron chi connectivity index (χ1n) is 4.71. The predicted octanol–water partition coefficient (Wildman–Crippen LogP) is 1.87. The average molecular weight is 206 g/mol. The highest BCUT2D eigenvalue weighted by Crippen LogP contribution is 2.13. The van der Waals surface area contributed by atoms with E-state index in [1.54, 1.807) is 38.1 Å². The van der Waals surface area contributed by atoms with Gasteiger partial charge in [0.05, 0.1) is 23.7 Å². The van der Waals surface area contributed by atoms with Crippen molar-refractivity contribution >= 4 is 17.5 Å². The molecule has 0 heterocycles. The minimum absolute atomic E-state index is 0.322. The fourth-order valence-electron chi connectivity index (χ4n) is 1.09. The predicted molar refractivity (Wildman–Crippen MR) is 59.4 cm³/mol. The molecule has 0 aromatic heterocycles. The molecule has 0 fully saturated rings. The van der Waals surface area contributed by atoms with Crippen molar-refractivity contribution < 1.29 is 9.53 Å². The van der Waals surface area contributed by atoms with Crippen LogP contribution in [0, 0.1) is 0 Å². The zero-order valence-electron chi connectivity index (χ0n) is 8.86. The van der Waals surface area contributed by atoms with Gasteiger partial charge in [0.25, 0.3) is 0 Å². The van der Waals surface area contributed by atoms with Gasteiger partial charge in [-0.25, -0.2) is 9.79 Å². The summed E-state index contributed by atoms with van der Waals surface area (Å²) in [7, 11) is 0. The maximum absolute atomic E-state index is 11.3. The summed E-state index contributed by atoms with van der Waals surface area (Å²) in [5, 5.41) is 0. The molecule has 0 amide bonds. The van der Waals surface area contributed by atoms with Crippen LogP contribution in [0.25, 0.3) is 0 Å². The number of rotatable bonds is 3. The van der Waals surface area contributed by atoms with Crippen LogP contribution in [0.4, 0.5) is 5.69 Å². The Labute approximate surface area is 88.8 Å². The van der Waals surface area contributed by atoms with E-state index in [9.17, 15) is 4.79 Å². The summed E-state index contributed by atoms with van der Waals surface area (Å²) < 4.78 is 4.85. The normalized spacial score (nSPS) is 11.2. The van der Waals surface area contributed by atoms with Crippen LogP contribution >= 0.6 is 0 Å². The third-order valence-electron chi connectivity index (χ3n) is 1.68. The Bertz CT molecular complexity index is 365. The zero-order chi connectivity index (χ0) is 11.3. The lowest BCUT2D eigenvalue weighted by atomic mass is 10.2. The van der Waals surface area contributed by atoms with Gasteiger partial charge in [0, 0.05) is 0 Å². The lowest BCUT2D eigenvalue weighted by Gasteiger charge is -2.01. The fourth-order valence-corrected chi connectivity index (χ4v) is 1.09. The molecule has 0 aliphatic carbocycles. The molecule has 0 atom stereocenters. The second-order valence-corrected chi connectivity index (χ2v) is 3.02. The molecule has 0 saturated carbocycles. The molecule has 80 valence electrons. The molecule has 1 rings (SSSR count). The van der Waals surface area contributed by atoms with Gasteiger partial charge < -0.3 is 10.5 Å². The van der Waals surface area contributed by atoms with Crippen LogP contribution in [0.2, 0.25) is 0 Å². The summed E-state index contributed by atoms with van der Waals surface area (Å²) in [6.07, 6.45) is 0. The van der Waals surface area contributed by atoms with E-state index in [1.807, 2.05) is 0 Å². The van der Waals surface area contributed by atoms with Crippen molar-refractivity contribution in [3.8, 4) is 0 Å². The number of carbonyl (C=O) groups is 1. The summed E-state index contributed by atoms with van der Waals surface area (Å²) in [6.45, 7) is 3.86. The summed E-state index contributed by atoms with van der Waals surface area (Å²) in [4.78, 5) is 15.3. The van der Waals surface area contributed by atoms with Crippen molar-refractivity contribution in [3.63, 3.8) is 0 Å². The van der Waals surface area contributed by atoms with E-state index in [2.05, 4.69) is 4.99 Å². The zero-order valence-corrected chi connectivity index (χ0v) is 8.86. The molecular formula is C11H14N2O2. The Morgan fingerprint density at radius 2 is 2.00 bits per heavy atom.